The van der Waals surface area contributed by atoms with E-state index in [0.717, 1.165) is 17.7 Å². The molecule has 1 aliphatic heterocycles. The first kappa shape index (κ1) is 14.3. The van der Waals surface area contributed by atoms with Crippen molar-refractivity contribution in [2.75, 3.05) is 18.9 Å². The van der Waals surface area contributed by atoms with Gasteiger partial charge in [0.25, 0.3) is 0 Å². The second-order valence-corrected chi connectivity index (χ2v) is 6.04. The normalized spacial score (nSPS) is 23.4. The van der Waals surface area contributed by atoms with Gasteiger partial charge in [0.15, 0.2) is 0 Å². The van der Waals surface area contributed by atoms with Crippen LogP contribution < -0.4 is 0 Å². The molecule has 2 rings (SSSR count). The minimum absolute atomic E-state index is 0.160. The molecule has 0 aromatic carbocycles. The molecule has 1 aromatic heterocycles. The molecule has 1 aromatic rings. The average molecular weight is 280 g/mol. The summed E-state index contributed by atoms with van der Waals surface area (Å²) in [7, 11) is 0. The number of nitrogens with zero attached hydrogens (tertiary/aromatic N) is 2. The van der Waals surface area contributed by atoms with Gasteiger partial charge >= 0.3 is 0 Å². The highest BCUT2D eigenvalue weighted by molar-refractivity contribution is 8.00. The largest absolute Gasteiger partial charge is 0.396 e. The van der Waals surface area contributed by atoms with E-state index in [1.165, 1.54) is 11.8 Å². The van der Waals surface area contributed by atoms with Crippen molar-refractivity contribution in [2.24, 2.45) is 5.92 Å². The number of thioether (sulfide) groups is 1. The van der Waals surface area contributed by atoms with Gasteiger partial charge in [-0.2, -0.15) is 0 Å². The summed E-state index contributed by atoms with van der Waals surface area (Å²) in [6.07, 6.45) is 5.46. The summed E-state index contributed by atoms with van der Waals surface area (Å²) in [5, 5.41) is 9.23. The number of hydrogen-bond acceptors (Lipinski definition) is 4. The van der Waals surface area contributed by atoms with Gasteiger partial charge in [0, 0.05) is 36.5 Å². The predicted molar refractivity (Wildman–Crippen MR) is 75.9 cm³/mol. The third-order valence-corrected chi connectivity index (χ3v) is 4.57. The molecule has 0 saturated carbocycles. The average Bonchev–Trinajstić information content (AvgIpc) is 2.46. The molecule has 1 saturated heterocycles. The molecule has 1 N–H and O–H groups in total. The van der Waals surface area contributed by atoms with Crippen LogP contribution in [0.1, 0.15) is 19.8 Å². The van der Waals surface area contributed by atoms with Crippen molar-refractivity contribution in [1.29, 1.82) is 0 Å². The summed E-state index contributed by atoms with van der Waals surface area (Å²) in [5.74, 6) is 0.852. The maximum absolute atomic E-state index is 12.3. The van der Waals surface area contributed by atoms with Gasteiger partial charge in [-0.3, -0.25) is 9.78 Å². The number of carbonyl (C=O) groups excluding carboxylic acids is 1. The van der Waals surface area contributed by atoms with E-state index in [1.54, 1.807) is 12.4 Å². The quantitative estimate of drug-likeness (QED) is 0.854. The summed E-state index contributed by atoms with van der Waals surface area (Å²) in [4.78, 5) is 19.2. The van der Waals surface area contributed by atoms with Gasteiger partial charge in [0.1, 0.15) is 0 Å². The Morgan fingerprint density at radius 3 is 2.89 bits per heavy atom. The summed E-state index contributed by atoms with van der Waals surface area (Å²) in [6, 6.07) is 4.11. The molecular formula is C14H20N2O2S. The number of rotatable bonds is 4. The first-order valence-electron chi connectivity index (χ1n) is 6.64. The summed E-state index contributed by atoms with van der Waals surface area (Å²) in [5.41, 5.74) is 0. The van der Waals surface area contributed by atoms with Crippen LogP contribution in [0, 0.1) is 5.92 Å². The Labute approximate surface area is 118 Å². The fraction of sp³-hybridized carbons (Fsp3) is 0.571. The zero-order chi connectivity index (χ0) is 13.7. The highest BCUT2D eigenvalue weighted by Gasteiger charge is 2.28. The van der Waals surface area contributed by atoms with Gasteiger partial charge in [-0.25, -0.2) is 0 Å². The fourth-order valence-corrected chi connectivity index (χ4v) is 3.11. The van der Waals surface area contributed by atoms with Crippen LogP contribution in [0.2, 0.25) is 0 Å². The molecule has 4 nitrogen and oxygen atoms in total. The monoisotopic (exact) mass is 280 g/mol. The summed E-state index contributed by atoms with van der Waals surface area (Å²) in [6.45, 7) is 2.95. The zero-order valence-electron chi connectivity index (χ0n) is 11.2. The van der Waals surface area contributed by atoms with E-state index in [1.807, 2.05) is 17.0 Å². The molecule has 19 heavy (non-hydrogen) atoms. The third kappa shape index (κ3) is 3.94. The van der Waals surface area contributed by atoms with Gasteiger partial charge < -0.3 is 10.0 Å². The molecule has 1 fully saturated rings. The van der Waals surface area contributed by atoms with Gasteiger partial charge in [-0.1, -0.05) is 0 Å². The Hall–Kier alpha value is -1.07. The topological polar surface area (TPSA) is 53.4 Å². The second-order valence-electron chi connectivity index (χ2n) is 4.99. The smallest absolute Gasteiger partial charge is 0.233 e. The van der Waals surface area contributed by atoms with Gasteiger partial charge in [-0.05, 0) is 37.8 Å². The van der Waals surface area contributed by atoms with Crippen molar-refractivity contribution < 1.29 is 9.90 Å². The molecular weight excluding hydrogens is 260 g/mol. The molecule has 0 bridgehead atoms. The number of pyridine rings is 1. The first-order valence-corrected chi connectivity index (χ1v) is 7.62. The Kier molecular flexibility index (Phi) is 5.22. The lowest BCUT2D eigenvalue weighted by Crippen LogP contribution is -2.47. The van der Waals surface area contributed by atoms with E-state index in [2.05, 4.69) is 11.9 Å². The van der Waals surface area contributed by atoms with Crippen LogP contribution in [0.3, 0.4) is 0 Å². The zero-order valence-corrected chi connectivity index (χ0v) is 12.0. The van der Waals surface area contributed by atoms with Crippen LogP contribution in [-0.4, -0.2) is 45.8 Å². The van der Waals surface area contributed by atoms with Crippen molar-refractivity contribution in [3.63, 3.8) is 0 Å². The molecule has 2 atom stereocenters. The van der Waals surface area contributed by atoms with Crippen molar-refractivity contribution >= 4 is 17.7 Å². The van der Waals surface area contributed by atoms with Crippen LogP contribution in [0.25, 0.3) is 0 Å². The minimum atomic E-state index is 0.160. The Bertz CT molecular complexity index is 413. The van der Waals surface area contributed by atoms with Crippen molar-refractivity contribution in [3.8, 4) is 0 Å². The number of aliphatic hydroxyl groups excluding tert-OH is 1. The SMILES string of the molecule is CC1CCC(CO)CN1C(=O)CSc1ccncc1. The third-order valence-electron chi connectivity index (χ3n) is 3.57. The van der Waals surface area contributed by atoms with E-state index in [0.29, 0.717) is 12.3 Å². The molecule has 2 unspecified atom stereocenters. The van der Waals surface area contributed by atoms with Crippen molar-refractivity contribution in [1.82, 2.24) is 9.88 Å². The molecule has 0 radical (unpaired) electrons. The molecule has 0 aliphatic carbocycles. The van der Waals surface area contributed by atoms with Crippen LogP contribution in [-0.2, 0) is 4.79 Å². The van der Waals surface area contributed by atoms with Crippen LogP contribution in [0.15, 0.2) is 29.4 Å². The standard InChI is InChI=1S/C14H20N2O2S/c1-11-2-3-12(9-17)8-16(11)14(18)10-19-13-4-6-15-7-5-13/h4-7,11-12,17H,2-3,8-10H2,1H3. The number of aromatic nitrogens is 1. The number of aliphatic hydroxyl groups is 1. The molecule has 1 amide bonds. The maximum Gasteiger partial charge on any atom is 0.233 e. The van der Waals surface area contributed by atoms with Crippen LogP contribution in [0.5, 0.6) is 0 Å². The molecule has 104 valence electrons. The van der Waals surface area contributed by atoms with Crippen molar-refractivity contribution in [2.45, 2.75) is 30.7 Å². The Morgan fingerprint density at radius 2 is 2.21 bits per heavy atom. The first-order chi connectivity index (χ1) is 9.20. The fourth-order valence-electron chi connectivity index (χ4n) is 2.34. The van der Waals surface area contributed by atoms with Crippen molar-refractivity contribution in [3.05, 3.63) is 24.5 Å². The number of carbonyl (C=O) groups is 1. The number of hydrogen-bond donors (Lipinski definition) is 1. The van der Waals surface area contributed by atoms with Gasteiger partial charge in [0.05, 0.1) is 5.75 Å². The lowest BCUT2D eigenvalue weighted by Gasteiger charge is -2.37. The number of piperidine rings is 1. The molecule has 5 heteroatoms. The molecule has 1 aliphatic rings. The second kappa shape index (κ2) is 6.91. The lowest BCUT2D eigenvalue weighted by atomic mass is 9.94. The van der Waals surface area contributed by atoms with E-state index in [-0.39, 0.29) is 24.5 Å². The van der Waals surface area contributed by atoms with Gasteiger partial charge in [0.2, 0.25) is 5.91 Å². The minimum Gasteiger partial charge on any atom is -0.396 e. The lowest BCUT2D eigenvalue weighted by molar-refractivity contribution is -0.133. The highest BCUT2D eigenvalue weighted by Crippen LogP contribution is 2.24. The van der Waals surface area contributed by atoms with Crippen LogP contribution >= 0.6 is 11.8 Å². The molecule has 2 heterocycles. The maximum atomic E-state index is 12.3. The Balaban J connectivity index is 1.88. The van der Waals surface area contributed by atoms with E-state index >= 15 is 0 Å². The predicted octanol–water partition coefficient (Wildman–Crippen LogP) is 1.79. The van der Waals surface area contributed by atoms with E-state index < -0.39 is 0 Å². The summed E-state index contributed by atoms with van der Waals surface area (Å²) < 4.78 is 0. The van der Waals surface area contributed by atoms with Crippen LogP contribution in [0.4, 0.5) is 0 Å². The highest BCUT2D eigenvalue weighted by atomic mass is 32.2. The Morgan fingerprint density at radius 1 is 1.47 bits per heavy atom. The van der Waals surface area contributed by atoms with Gasteiger partial charge in [-0.15, -0.1) is 11.8 Å². The summed E-state index contributed by atoms with van der Waals surface area (Å²) >= 11 is 1.54. The molecule has 0 spiro atoms. The van der Waals surface area contributed by atoms with E-state index in [4.69, 9.17) is 0 Å². The number of likely N-dealkylation sites (tertiary alicyclic amines) is 1. The van der Waals surface area contributed by atoms with E-state index in [9.17, 15) is 9.90 Å². The number of amides is 1.